The number of anilines is 1. The van der Waals surface area contributed by atoms with E-state index < -0.39 is 18.4 Å². The van der Waals surface area contributed by atoms with Gasteiger partial charge in [-0.15, -0.1) is 0 Å². The second-order valence-corrected chi connectivity index (χ2v) is 3.63. The lowest BCUT2D eigenvalue weighted by molar-refractivity contribution is -0.138. The Morgan fingerprint density at radius 1 is 1.24 bits per heavy atom. The summed E-state index contributed by atoms with van der Waals surface area (Å²) in [5, 5.41) is 0. The molecule has 17 heavy (non-hydrogen) atoms. The normalized spacial score (nSPS) is 11.8. The van der Waals surface area contributed by atoms with E-state index in [9.17, 15) is 17.6 Å². The van der Waals surface area contributed by atoms with Crippen LogP contribution < -0.4 is 5.73 Å². The van der Waals surface area contributed by atoms with Gasteiger partial charge in [-0.2, -0.15) is 13.2 Å². The molecule has 2 N–H and O–H groups in total. The zero-order valence-corrected chi connectivity index (χ0v) is 9.06. The van der Waals surface area contributed by atoms with Crippen molar-refractivity contribution in [2.75, 3.05) is 12.3 Å². The number of rotatable bonds is 5. The highest BCUT2D eigenvalue weighted by Gasteiger charge is 2.25. The first-order valence-corrected chi connectivity index (χ1v) is 5.07. The monoisotopic (exact) mass is 251 g/mol. The van der Waals surface area contributed by atoms with Crippen molar-refractivity contribution in [1.29, 1.82) is 0 Å². The van der Waals surface area contributed by atoms with E-state index in [2.05, 4.69) is 0 Å². The van der Waals surface area contributed by atoms with Crippen LogP contribution in [0.4, 0.5) is 23.2 Å². The van der Waals surface area contributed by atoms with Crippen LogP contribution in [0, 0.1) is 5.82 Å². The second-order valence-electron chi connectivity index (χ2n) is 3.63. The molecule has 1 aromatic carbocycles. The Bertz CT molecular complexity index is 365. The molecule has 0 aliphatic rings. The molecule has 0 atom stereocenters. The van der Waals surface area contributed by atoms with Gasteiger partial charge in [0.2, 0.25) is 0 Å². The van der Waals surface area contributed by atoms with Crippen molar-refractivity contribution < 1.29 is 22.3 Å². The van der Waals surface area contributed by atoms with Gasteiger partial charge in [0.05, 0.1) is 12.3 Å². The molecule has 0 aromatic heterocycles. The quantitative estimate of drug-likeness (QED) is 0.495. The molecule has 0 unspecified atom stereocenters. The van der Waals surface area contributed by atoms with Crippen molar-refractivity contribution in [1.82, 2.24) is 0 Å². The van der Waals surface area contributed by atoms with Gasteiger partial charge in [-0.05, 0) is 24.1 Å². The highest BCUT2D eigenvalue weighted by Crippen LogP contribution is 2.21. The van der Waals surface area contributed by atoms with Gasteiger partial charge in [-0.25, -0.2) is 4.39 Å². The van der Waals surface area contributed by atoms with E-state index in [1.807, 2.05) is 0 Å². The molecular formula is C11H13F4NO. The molecule has 0 saturated heterocycles. The lowest BCUT2D eigenvalue weighted by Gasteiger charge is -2.07. The van der Waals surface area contributed by atoms with Crippen LogP contribution in [0.1, 0.15) is 18.4 Å². The molecule has 0 bridgehead atoms. The fourth-order valence-electron chi connectivity index (χ4n) is 1.23. The Labute approximate surface area is 96.4 Å². The third kappa shape index (κ3) is 5.53. The van der Waals surface area contributed by atoms with E-state index in [0.717, 1.165) is 0 Å². The number of hydrogen-bond donors (Lipinski definition) is 1. The lowest BCUT2D eigenvalue weighted by atomic mass is 10.2. The Morgan fingerprint density at radius 2 is 1.94 bits per heavy atom. The van der Waals surface area contributed by atoms with Crippen LogP contribution in [0.25, 0.3) is 0 Å². The topological polar surface area (TPSA) is 35.2 Å². The first-order valence-electron chi connectivity index (χ1n) is 5.07. The Morgan fingerprint density at radius 3 is 2.53 bits per heavy atom. The molecule has 0 fully saturated rings. The molecule has 6 heteroatoms. The number of nitrogens with two attached hydrogens (primary N) is 1. The second kappa shape index (κ2) is 5.86. The van der Waals surface area contributed by atoms with Crippen LogP contribution >= 0.6 is 0 Å². The molecule has 96 valence electrons. The number of nitrogen functional groups attached to an aromatic ring is 1. The van der Waals surface area contributed by atoms with Crippen molar-refractivity contribution in [3.8, 4) is 0 Å². The van der Waals surface area contributed by atoms with Crippen LogP contribution in [0.3, 0.4) is 0 Å². The molecular weight excluding hydrogens is 238 g/mol. The molecule has 1 rings (SSSR count). The Kier molecular flexibility index (Phi) is 4.74. The molecule has 0 radical (unpaired) electrons. The summed E-state index contributed by atoms with van der Waals surface area (Å²) in [6, 6.07) is 4.17. The van der Waals surface area contributed by atoms with E-state index in [-0.39, 0.29) is 25.3 Å². The predicted molar refractivity (Wildman–Crippen MR) is 55.8 cm³/mol. The minimum absolute atomic E-state index is 0.00843. The van der Waals surface area contributed by atoms with Gasteiger partial charge in [-0.3, -0.25) is 0 Å². The molecule has 0 saturated carbocycles. The third-order valence-electron chi connectivity index (χ3n) is 2.08. The Hall–Kier alpha value is -1.30. The number of alkyl halides is 3. The van der Waals surface area contributed by atoms with E-state index in [1.165, 1.54) is 12.1 Å². The molecule has 1 aromatic rings. The standard InChI is InChI=1S/C11H13F4NO/c12-9-6-8(2-3-10(9)16)7-17-5-1-4-11(13,14)15/h2-3,6H,1,4-5,7,16H2. The van der Waals surface area contributed by atoms with Gasteiger partial charge >= 0.3 is 6.18 Å². The maximum Gasteiger partial charge on any atom is 0.389 e. The summed E-state index contributed by atoms with van der Waals surface area (Å²) in [6.45, 7) is 0.0700. The SMILES string of the molecule is Nc1ccc(COCCCC(F)(F)F)cc1F. The lowest BCUT2D eigenvalue weighted by Crippen LogP contribution is -2.08. The largest absolute Gasteiger partial charge is 0.396 e. The fraction of sp³-hybridized carbons (Fsp3) is 0.455. The minimum Gasteiger partial charge on any atom is -0.396 e. The van der Waals surface area contributed by atoms with Gasteiger partial charge in [0.15, 0.2) is 0 Å². The first-order chi connectivity index (χ1) is 7.88. The fourth-order valence-corrected chi connectivity index (χ4v) is 1.23. The molecule has 2 nitrogen and oxygen atoms in total. The number of ether oxygens (including phenoxy) is 1. The number of benzene rings is 1. The number of hydrogen-bond acceptors (Lipinski definition) is 2. The van der Waals surface area contributed by atoms with Gasteiger partial charge in [0.1, 0.15) is 5.82 Å². The van der Waals surface area contributed by atoms with E-state index in [0.29, 0.717) is 5.56 Å². The van der Waals surface area contributed by atoms with E-state index in [1.54, 1.807) is 6.07 Å². The van der Waals surface area contributed by atoms with Gasteiger partial charge in [0.25, 0.3) is 0 Å². The number of halogens is 4. The van der Waals surface area contributed by atoms with Crippen molar-refractivity contribution in [2.24, 2.45) is 0 Å². The summed E-state index contributed by atoms with van der Waals surface area (Å²) in [4.78, 5) is 0. The summed E-state index contributed by atoms with van der Waals surface area (Å²) in [5.74, 6) is -0.554. The smallest absolute Gasteiger partial charge is 0.389 e. The van der Waals surface area contributed by atoms with Crippen molar-refractivity contribution in [2.45, 2.75) is 25.6 Å². The summed E-state index contributed by atoms with van der Waals surface area (Å²) >= 11 is 0. The summed E-state index contributed by atoms with van der Waals surface area (Å²) < 4.78 is 53.3. The zero-order chi connectivity index (χ0) is 12.9. The van der Waals surface area contributed by atoms with Crippen LogP contribution in [0.15, 0.2) is 18.2 Å². The summed E-state index contributed by atoms with van der Waals surface area (Å²) in [5.41, 5.74) is 5.85. The molecule has 0 spiro atoms. The average Bonchev–Trinajstić information content (AvgIpc) is 2.21. The third-order valence-corrected chi connectivity index (χ3v) is 2.08. The van der Waals surface area contributed by atoms with Gasteiger partial charge in [-0.1, -0.05) is 6.07 Å². The zero-order valence-electron chi connectivity index (χ0n) is 9.06. The minimum atomic E-state index is -4.16. The van der Waals surface area contributed by atoms with Crippen molar-refractivity contribution in [3.63, 3.8) is 0 Å². The summed E-state index contributed by atoms with van der Waals surface area (Å²) in [7, 11) is 0. The van der Waals surface area contributed by atoms with E-state index in [4.69, 9.17) is 10.5 Å². The van der Waals surface area contributed by atoms with Crippen molar-refractivity contribution >= 4 is 5.69 Å². The molecule has 0 heterocycles. The van der Waals surface area contributed by atoms with Gasteiger partial charge < -0.3 is 10.5 Å². The van der Waals surface area contributed by atoms with Crippen LogP contribution in [-0.2, 0) is 11.3 Å². The van der Waals surface area contributed by atoms with Gasteiger partial charge in [0, 0.05) is 13.0 Å². The van der Waals surface area contributed by atoms with E-state index >= 15 is 0 Å². The maximum absolute atomic E-state index is 13.0. The Balaban J connectivity index is 2.25. The average molecular weight is 251 g/mol. The highest BCUT2D eigenvalue weighted by molar-refractivity contribution is 5.41. The van der Waals surface area contributed by atoms with Crippen LogP contribution in [0.5, 0.6) is 0 Å². The molecule has 0 aliphatic carbocycles. The first kappa shape index (κ1) is 13.8. The molecule has 0 aliphatic heterocycles. The predicted octanol–water partition coefficient (Wildman–Crippen LogP) is 3.27. The van der Waals surface area contributed by atoms with Crippen LogP contribution in [0.2, 0.25) is 0 Å². The summed E-state index contributed by atoms with van der Waals surface area (Å²) in [6.07, 6.45) is -5.12. The molecule has 0 amide bonds. The maximum atomic E-state index is 13.0. The van der Waals surface area contributed by atoms with Crippen LogP contribution in [-0.4, -0.2) is 12.8 Å². The highest BCUT2D eigenvalue weighted by atomic mass is 19.4. The van der Waals surface area contributed by atoms with Crippen molar-refractivity contribution in [3.05, 3.63) is 29.6 Å².